The van der Waals surface area contributed by atoms with E-state index in [0.717, 1.165) is 10.5 Å². The van der Waals surface area contributed by atoms with Crippen LogP contribution >= 0.6 is 0 Å². The average molecular weight is 349 g/mol. The lowest BCUT2D eigenvalue weighted by Gasteiger charge is -2.17. The van der Waals surface area contributed by atoms with E-state index in [1.807, 2.05) is 12.1 Å². The van der Waals surface area contributed by atoms with Crippen LogP contribution in [0.4, 0.5) is 16.2 Å². The van der Waals surface area contributed by atoms with Crippen molar-refractivity contribution in [3.05, 3.63) is 60.0 Å². The van der Waals surface area contributed by atoms with Gasteiger partial charge in [-0.05, 0) is 36.8 Å². The van der Waals surface area contributed by atoms with Crippen LogP contribution in [0.15, 0.2) is 48.8 Å². The molecular formula is C18H15N5O3. The highest BCUT2D eigenvalue weighted by Gasteiger charge is 2.31. The summed E-state index contributed by atoms with van der Waals surface area (Å²) in [4.78, 5) is 41.7. The standard InChI is InChI=1S/C18H15N5O3/c1-11-5-6-12(8-13(11)23-16(24)10-20-18(23)26)21-17(25)14-9-19-15-4-2-3-7-22(14)15/h2-9H,10H2,1H3,(H,20,26)(H,21,25). The largest absolute Gasteiger partial charge is 0.329 e. The predicted molar refractivity (Wildman–Crippen MR) is 95.2 cm³/mol. The number of aromatic nitrogens is 2. The molecule has 1 aliphatic rings. The Hall–Kier alpha value is -3.68. The van der Waals surface area contributed by atoms with E-state index in [0.29, 0.717) is 22.7 Å². The minimum absolute atomic E-state index is 0.0311. The van der Waals surface area contributed by atoms with E-state index < -0.39 is 6.03 Å². The highest BCUT2D eigenvalue weighted by atomic mass is 16.2. The minimum Gasteiger partial charge on any atom is -0.328 e. The number of imide groups is 1. The first-order valence-corrected chi connectivity index (χ1v) is 7.99. The van der Waals surface area contributed by atoms with Gasteiger partial charge in [0.2, 0.25) is 0 Å². The van der Waals surface area contributed by atoms with Gasteiger partial charge < -0.3 is 10.6 Å². The molecule has 0 atom stereocenters. The summed E-state index contributed by atoms with van der Waals surface area (Å²) in [7, 11) is 0. The van der Waals surface area contributed by atoms with E-state index in [1.165, 1.54) is 6.20 Å². The van der Waals surface area contributed by atoms with E-state index in [9.17, 15) is 14.4 Å². The van der Waals surface area contributed by atoms with Gasteiger partial charge in [-0.25, -0.2) is 14.7 Å². The second-order valence-corrected chi connectivity index (χ2v) is 5.92. The van der Waals surface area contributed by atoms with Gasteiger partial charge in [-0.15, -0.1) is 0 Å². The first-order chi connectivity index (χ1) is 12.5. The second kappa shape index (κ2) is 5.99. The molecule has 0 unspecified atom stereocenters. The van der Waals surface area contributed by atoms with Crippen molar-refractivity contribution < 1.29 is 14.4 Å². The van der Waals surface area contributed by atoms with Gasteiger partial charge in [0, 0.05) is 11.9 Å². The third kappa shape index (κ3) is 2.57. The van der Waals surface area contributed by atoms with Crippen LogP contribution in [-0.2, 0) is 4.79 Å². The van der Waals surface area contributed by atoms with Crippen molar-refractivity contribution in [3.63, 3.8) is 0 Å². The fourth-order valence-corrected chi connectivity index (χ4v) is 2.89. The van der Waals surface area contributed by atoms with Gasteiger partial charge in [0.1, 0.15) is 11.3 Å². The fraction of sp³-hybridized carbons (Fsp3) is 0.111. The molecule has 8 nitrogen and oxygen atoms in total. The molecule has 1 aromatic carbocycles. The zero-order chi connectivity index (χ0) is 18.3. The average Bonchev–Trinajstić information content (AvgIpc) is 3.20. The van der Waals surface area contributed by atoms with Gasteiger partial charge in [-0.3, -0.25) is 14.0 Å². The first-order valence-electron chi connectivity index (χ1n) is 7.99. The lowest BCUT2D eigenvalue weighted by Crippen LogP contribution is -2.31. The van der Waals surface area contributed by atoms with Gasteiger partial charge >= 0.3 is 6.03 Å². The molecule has 2 aromatic heterocycles. The van der Waals surface area contributed by atoms with Gasteiger partial charge in [0.15, 0.2) is 0 Å². The summed E-state index contributed by atoms with van der Waals surface area (Å²) in [6, 6.07) is 10.1. The minimum atomic E-state index is -0.469. The number of imidazole rings is 1. The van der Waals surface area contributed by atoms with Crippen molar-refractivity contribution in [2.75, 3.05) is 16.8 Å². The highest BCUT2D eigenvalue weighted by Crippen LogP contribution is 2.26. The normalized spacial score (nSPS) is 14.0. The van der Waals surface area contributed by atoms with Crippen molar-refractivity contribution in [3.8, 4) is 0 Å². The SMILES string of the molecule is Cc1ccc(NC(=O)c2cnc3ccccn23)cc1N1C(=O)CNC1=O. The summed E-state index contributed by atoms with van der Waals surface area (Å²) in [5.74, 6) is -0.668. The molecule has 4 rings (SSSR count). The number of amides is 4. The van der Waals surface area contributed by atoms with E-state index in [2.05, 4.69) is 15.6 Å². The van der Waals surface area contributed by atoms with Gasteiger partial charge in [0.25, 0.3) is 11.8 Å². The first kappa shape index (κ1) is 15.8. The van der Waals surface area contributed by atoms with Gasteiger partial charge in [0.05, 0.1) is 18.4 Å². The third-order valence-corrected chi connectivity index (χ3v) is 4.20. The molecule has 8 heteroatoms. The molecule has 0 radical (unpaired) electrons. The Labute approximate surface area is 148 Å². The van der Waals surface area contributed by atoms with Crippen LogP contribution in [0.3, 0.4) is 0 Å². The van der Waals surface area contributed by atoms with E-state index in [-0.39, 0.29) is 18.4 Å². The lowest BCUT2D eigenvalue weighted by atomic mass is 10.1. The Kier molecular flexibility index (Phi) is 3.65. The number of fused-ring (bicyclic) bond motifs is 1. The zero-order valence-corrected chi connectivity index (χ0v) is 13.9. The molecule has 3 aromatic rings. The van der Waals surface area contributed by atoms with Crippen molar-refractivity contribution in [1.29, 1.82) is 0 Å². The number of hydrogen-bond acceptors (Lipinski definition) is 4. The highest BCUT2D eigenvalue weighted by molar-refractivity contribution is 6.20. The van der Waals surface area contributed by atoms with E-state index in [1.54, 1.807) is 41.8 Å². The Morgan fingerprint density at radius 1 is 1.23 bits per heavy atom. The summed E-state index contributed by atoms with van der Waals surface area (Å²) >= 11 is 0. The molecule has 3 heterocycles. The summed E-state index contributed by atoms with van der Waals surface area (Å²) in [5.41, 5.74) is 2.73. The molecule has 26 heavy (non-hydrogen) atoms. The van der Waals surface area contributed by atoms with Crippen LogP contribution in [0.5, 0.6) is 0 Å². The Bertz CT molecular complexity index is 1040. The number of rotatable bonds is 3. The van der Waals surface area contributed by atoms with Crippen LogP contribution in [0.25, 0.3) is 5.65 Å². The monoisotopic (exact) mass is 349 g/mol. The van der Waals surface area contributed by atoms with E-state index in [4.69, 9.17) is 0 Å². The van der Waals surface area contributed by atoms with Crippen LogP contribution in [-0.4, -0.2) is 33.8 Å². The number of nitrogens with zero attached hydrogens (tertiary/aromatic N) is 3. The number of hydrogen-bond donors (Lipinski definition) is 2. The molecule has 4 amide bonds. The molecule has 2 N–H and O–H groups in total. The number of anilines is 2. The maximum absolute atomic E-state index is 12.6. The Morgan fingerprint density at radius 3 is 2.85 bits per heavy atom. The molecule has 1 aliphatic heterocycles. The van der Waals surface area contributed by atoms with Crippen LogP contribution < -0.4 is 15.5 Å². The van der Waals surface area contributed by atoms with Crippen LogP contribution in [0.1, 0.15) is 16.1 Å². The van der Waals surface area contributed by atoms with Crippen LogP contribution in [0.2, 0.25) is 0 Å². The van der Waals surface area contributed by atoms with Crippen molar-refractivity contribution >= 4 is 34.9 Å². The predicted octanol–water partition coefficient (Wildman–Crippen LogP) is 1.95. The molecule has 0 saturated carbocycles. The number of aryl methyl sites for hydroxylation is 1. The molecule has 0 spiro atoms. The summed E-state index contributed by atoms with van der Waals surface area (Å²) in [6.07, 6.45) is 3.25. The number of carbonyl (C=O) groups excluding carboxylic acids is 3. The summed E-state index contributed by atoms with van der Waals surface area (Å²) < 4.78 is 1.68. The van der Waals surface area contributed by atoms with Gasteiger partial charge in [-0.1, -0.05) is 12.1 Å². The zero-order valence-electron chi connectivity index (χ0n) is 13.9. The quantitative estimate of drug-likeness (QED) is 0.707. The molecular weight excluding hydrogens is 334 g/mol. The Morgan fingerprint density at radius 2 is 2.08 bits per heavy atom. The molecule has 1 fully saturated rings. The number of benzene rings is 1. The van der Waals surface area contributed by atoms with Crippen molar-refractivity contribution in [1.82, 2.24) is 14.7 Å². The maximum Gasteiger partial charge on any atom is 0.329 e. The molecule has 1 saturated heterocycles. The number of nitrogens with one attached hydrogen (secondary N) is 2. The van der Waals surface area contributed by atoms with Gasteiger partial charge in [-0.2, -0.15) is 0 Å². The molecule has 130 valence electrons. The Balaban J connectivity index is 1.65. The number of carbonyl (C=O) groups is 3. The maximum atomic E-state index is 12.6. The smallest absolute Gasteiger partial charge is 0.328 e. The summed E-state index contributed by atoms with van der Waals surface area (Å²) in [6.45, 7) is 1.76. The number of pyridine rings is 1. The number of urea groups is 1. The lowest BCUT2D eigenvalue weighted by molar-refractivity contribution is -0.115. The van der Waals surface area contributed by atoms with Crippen molar-refractivity contribution in [2.45, 2.75) is 6.92 Å². The summed E-state index contributed by atoms with van der Waals surface area (Å²) in [5, 5.41) is 5.27. The topological polar surface area (TPSA) is 95.8 Å². The third-order valence-electron chi connectivity index (χ3n) is 4.20. The second-order valence-electron chi connectivity index (χ2n) is 5.92. The van der Waals surface area contributed by atoms with E-state index >= 15 is 0 Å². The fourth-order valence-electron chi connectivity index (χ4n) is 2.89. The van der Waals surface area contributed by atoms with Crippen molar-refractivity contribution in [2.24, 2.45) is 0 Å². The molecule has 0 aliphatic carbocycles. The van der Waals surface area contributed by atoms with Crippen LogP contribution in [0, 0.1) is 6.92 Å². The molecule has 0 bridgehead atoms.